The van der Waals surface area contributed by atoms with Crippen LogP contribution in [0.2, 0.25) is 0 Å². The molecule has 0 saturated heterocycles. The Morgan fingerprint density at radius 1 is 1.14 bits per heavy atom. The minimum absolute atomic E-state index is 0.101. The summed E-state index contributed by atoms with van der Waals surface area (Å²) in [6, 6.07) is 18.6. The number of nitrogens with zero attached hydrogens (tertiary/aromatic N) is 3. The van der Waals surface area contributed by atoms with Gasteiger partial charge in [0.2, 0.25) is 0 Å². The molecule has 1 aliphatic heterocycles. The molecule has 3 heterocycles. The van der Waals surface area contributed by atoms with E-state index in [1.807, 2.05) is 49.6 Å². The van der Waals surface area contributed by atoms with E-state index in [0.717, 1.165) is 16.6 Å². The third kappa shape index (κ3) is 4.92. The number of sulfonamides is 1. The Morgan fingerprint density at radius 3 is 2.73 bits per heavy atom. The lowest BCUT2D eigenvalue weighted by molar-refractivity contribution is 0.0880. The Kier molecular flexibility index (Phi) is 5.99. The normalized spacial score (nSPS) is 14.6. The molecule has 0 saturated carbocycles. The lowest BCUT2D eigenvalue weighted by atomic mass is 10.0. The highest BCUT2D eigenvalue weighted by molar-refractivity contribution is 7.89. The predicted octanol–water partition coefficient (Wildman–Crippen LogP) is 3.47. The van der Waals surface area contributed by atoms with E-state index in [1.165, 1.54) is 0 Å². The van der Waals surface area contributed by atoms with E-state index >= 15 is 0 Å². The average Bonchev–Trinajstić information content (AvgIpc) is 3.17. The Balaban J connectivity index is 1.33. The minimum Gasteiger partial charge on any atom is -0.490 e. The fourth-order valence-electron chi connectivity index (χ4n) is 4.48. The van der Waals surface area contributed by atoms with Crippen LogP contribution in [0.3, 0.4) is 0 Å². The van der Waals surface area contributed by atoms with Crippen LogP contribution in [-0.2, 0) is 15.8 Å². The van der Waals surface area contributed by atoms with Crippen LogP contribution in [0.15, 0.2) is 71.3 Å². The SMILES string of the molecule is Cc1cc2ccccc2n1-c1cc(C(=O)NC(C)(C)COc2cccc3c2C(N)=NS(=O)(=O)C3)ccn1. The number of aryl methyl sites for hydroxylation is 1. The molecule has 0 unspecified atom stereocenters. The molecule has 3 N–H and O–H groups in total. The van der Waals surface area contributed by atoms with E-state index < -0.39 is 15.6 Å². The van der Waals surface area contributed by atoms with Gasteiger partial charge in [0, 0.05) is 22.8 Å². The lowest BCUT2D eigenvalue weighted by Crippen LogP contribution is -2.48. The number of hydrogen-bond acceptors (Lipinski definition) is 6. The fraction of sp³-hybridized carbons (Fsp3) is 0.222. The van der Waals surface area contributed by atoms with Crippen LogP contribution < -0.4 is 15.8 Å². The van der Waals surface area contributed by atoms with Crippen LogP contribution >= 0.6 is 0 Å². The summed E-state index contributed by atoms with van der Waals surface area (Å²) in [7, 11) is -3.64. The maximum absolute atomic E-state index is 13.2. The fourth-order valence-corrected chi connectivity index (χ4v) is 5.57. The topological polar surface area (TPSA) is 129 Å². The molecule has 4 aromatic rings. The first-order valence-electron chi connectivity index (χ1n) is 11.7. The molecule has 9 nitrogen and oxygen atoms in total. The Hall–Kier alpha value is -4.18. The second kappa shape index (κ2) is 9.04. The van der Waals surface area contributed by atoms with Crippen molar-refractivity contribution in [2.75, 3.05) is 6.61 Å². The second-order valence-electron chi connectivity index (χ2n) is 9.70. The summed E-state index contributed by atoms with van der Waals surface area (Å²) in [5.41, 5.74) is 8.67. The number of aromatic nitrogens is 2. The van der Waals surface area contributed by atoms with Crippen LogP contribution in [0.25, 0.3) is 16.7 Å². The second-order valence-corrected chi connectivity index (χ2v) is 11.3. The number of hydrogen-bond donors (Lipinski definition) is 2. The number of amides is 1. The number of para-hydroxylation sites is 1. The number of nitrogens with two attached hydrogens (primary N) is 1. The van der Waals surface area contributed by atoms with E-state index in [1.54, 1.807) is 36.5 Å². The first-order chi connectivity index (χ1) is 17.5. The first kappa shape index (κ1) is 24.5. The van der Waals surface area contributed by atoms with Crippen LogP contribution in [0.5, 0.6) is 5.75 Å². The van der Waals surface area contributed by atoms with E-state index in [-0.39, 0.29) is 24.1 Å². The molecule has 1 aliphatic rings. The number of amidine groups is 1. The minimum atomic E-state index is -3.64. The summed E-state index contributed by atoms with van der Waals surface area (Å²) in [6.07, 6.45) is 1.62. The zero-order chi connectivity index (χ0) is 26.4. The zero-order valence-corrected chi connectivity index (χ0v) is 21.5. The van der Waals surface area contributed by atoms with Crippen molar-refractivity contribution in [3.63, 3.8) is 0 Å². The summed E-state index contributed by atoms with van der Waals surface area (Å²) in [6.45, 7) is 5.81. The van der Waals surface area contributed by atoms with Crippen molar-refractivity contribution in [2.45, 2.75) is 32.1 Å². The van der Waals surface area contributed by atoms with Crippen LogP contribution in [-0.4, -0.2) is 41.9 Å². The Morgan fingerprint density at radius 2 is 1.92 bits per heavy atom. The number of fused-ring (bicyclic) bond motifs is 2. The van der Waals surface area contributed by atoms with Crippen molar-refractivity contribution in [3.05, 3.63) is 89.2 Å². The van der Waals surface area contributed by atoms with Crippen molar-refractivity contribution in [2.24, 2.45) is 10.1 Å². The molecular weight excluding hydrogens is 490 g/mol. The van der Waals surface area contributed by atoms with Gasteiger partial charge < -0.3 is 15.8 Å². The number of benzene rings is 2. The molecule has 190 valence electrons. The molecule has 0 aliphatic carbocycles. The highest BCUT2D eigenvalue weighted by Crippen LogP contribution is 2.29. The number of carbonyl (C=O) groups is 1. The van der Waals surface area contributed by atoms with E-state index in [2.05, 4.69) is 20.8 Å². The molecule has 37 heavy (non-hydrogen) atoms. The number of ether oxygens (including phenoxy) is 1. The molecule has 0 atom stereocenters. The number of carbonyl (C=O) groups excluding carboxylic acids is 1. The highest BCUT2D eigenvalue weighted by atomic mass is 32.2. The molecule has 0 bridgehead atoms. The van der Waals surface area contributed by atoms with E-state index in [9.17, 15) is 13.2 Å². The summed E-state index contributed by atoms with van der Waals surface area (Å²) in [5.74, 6) is 0.462. The monoisotopic (exact) mass is 517 g/mol. The van der Waals surface area contributed by atoms with Gasteiger partial charge in [0.15, 0.2) is 0 Å². The molecule has 1 amide bonds. The highest BCUT2D eigenvalue weighted by Gasteiger charge is 2.27. The van der Waals surface area contributed by atoms with Gasteiger partial charge in [0.05, 0.1) is 22.4 Å². The quantitative estimate of drug-likeness (QED) is 0.403. The Labute approximate surface area is 215 Å². The summed E-state index contributed by atoms with van der Waals surface area (Å²) in [5, 5.41) is 4.11. The first-order valence-corrected chi connectivity index (χ1v) is 13.3. The van der Waals surface area contributed by atoms with Gasteiger partial charge in [-0.05, 0) is 56.7 Å². The van der Waals surface area contributed by atoms with Gasteiger partial charge in [0.1, 0.15) is 24.0 Å². The van der Waals surface area contributed by atoms with Gasteiger partial charge in [0.25, 0.3) is 15.9 Å². The number of rotatable bonds is 6. The lowest BCUT2D eigenvalue weighted by Gasteiger charge is -2.27. The molecule has 0 fully saturated rings. The van der Waals surface area contributed by atoms with Gasteiger partial charge in [-0.2, -0.15) is 0 Å². The molecule has 2 aromatic heterocycles. The Bertz CT molecular complexity index is 1670. The van der Waals surface area contributed by atoms with E-state index in [0.29, 0.717) is 28.3 Å². The standard InChI is InChI=1S/C27H27N5O4S/c1-17-13-18-7-4-5-9-21(18)32(17)23-14-19(11-12-29-23)26(33)30-27(2,3)16-36-22-10-6-8-20-15-37(34,35)31-25(28)24(20)22/h4-14H,15-16H2,1-3H3,(H2,28,31)(H,30,33). The van der Waals surface area contributed by atoms with E-state index in [4.69, 9.17) is 10.5 Å². The summed E-state index contributed by atoms with van der Waals surface area (Å²) in [4.78, 5) is 17.7. The largest absolute Gasteiger partial charge is 0.490 e. The summed E-state index contributed by atoms with van der Waals surface area (Å²) < 4.78 is 35.5. The van der Waals surface area contributed by atoms with Crippen LogP contribution in [0.1, 0.15) is 41.0 Å². The maximum Gasteiger partial charge on any atom is 0.259 e. The number of nitrogens with one attached hydrogen (secondary N) is 1. The molecule has 2 aromatic carbocycles. The third-order valence-corrected chi connectivity index (χ3v) is 7.27. The van der Waals surface area contributed by atoms with Gasteiger partial charge in [-0.15, -0.1) is 4.40 Å². The number of pyridine rings is 1. The molecular formula is C27H27N5O4S. The van der Waals surface area contributed by atoms with Crippen molar-refractivity contribution in [1.29, 1.82) is 0 Å². The third-order valence-electron chi connectivity index (χ3n) is 6.12. The molecule has 0 spiro atoms. The zero-order valence-electron chi connectivity index (χ0n) is 20.7. The van der Waals surface area contributed by atoms with Gasteiger partial charge >= 0.3 is 0 Å². The summed E-state index contributed by atoms with van der Waals surface area (Å²) >= 11 is 0. The van der Waals surface area contributed by atoms with Gasteiger partial charge in [-0.25, -0.2) is 13.4 Å². The predicted molar refractivity (Wildman–Crippen MR) is 143 cm³/mol. The molecule has 5 rings (SSSR count). The molecule has 0 radical (unpaired) electrons. The van der Waals surface area contributed by atoms with Gasteiger partial charge in [-0.3, -0.25) is 9.36 Å². The van der Waals surface area contributed by atoms with Crippen LogP contribution in [0, 0.1) is 6.92 Å². The van der Waals surface area contributed by atoms with Crippen molar-refractivity contribution in [3.8, 4) is 11.6 Å². The average molecular weight is 518 g/mol. The van der Waals surface area contributed by atoms with Crippen molar-refractivity contribution < 1.29 is 17.9 Å². The van der Waals surface area contributed by atoms with Gasteiger partial charge in [-0.1, -0.05) is 30.3 Å². The van der Waals surface area contributed by atoms with Crippen molar-refractivity contribution >= 4 is 32.7 Å². The molecule has 10 heteroatoms. The van der Waals surface area contributed by atoms with Crippen molar-refractivity contribution in [1.82, 2.24) is 14.9 Å². The smallest absolute Gasteiger partial charge is 0.259 e. The maximum atomic E-state index is 13.2. The van der Waals surface area contributed by atoms with Crippen LogP contribution in [0.4, 0.5) is 0 Å².